The zero-order valence-electron chi connectivity index (χ0n) is 31.8. The maximum atomic E-state index is 5.06. The number of halogens is 1. The molecule has 2 nitrogen and oxygen atoms in total. The van der Waals surface area contributed by atoms with Crippen molar-refractivity contribution in [1.82, 2.24) is 0 Å². The number of hydrogen-bond acceptors (Lipinski definition) is 2. The Morgan fingerprint density at radius 3 is 1.65 bits per heavy atom. The molecule has 0 unspecified atom stereocenters. The van der Waals surface area contributed by atoms with Gasteiger partial charge in [0.15, 0.2) is 0 Å². The molecule has 0 bridgehead atoms. The van der Waals surface area contributed by atoms with E-state index in [0.717, 1.165) is 42.8 Å². The van der Waals surface area contributed by atoms with Gasteiger partial charge >= 0.3 is 24.8 Å². The normalized spacial score (nSPS) is 11.5. The molecule has 0 radical (unpaired) electrons. The summed E-state index contributed by atoms with van der Waals surface area (Å²) in [5.41, 5.74) is 12.4. The van der Waals surface area contributed by atoms with E-state index in [1.807, 2.05) is 6.21 Å². The van der Waals surface area contributed by atoms with Crippen molar-refractivity contribution in [1.29, 1.82) is 0 Å². The predicted molar refractivity (Wildman–Crippen MR) is 223 cm³/mol. The van der Waals surface area contributed by atoms with Crippen LogP contribution >= 0.6 is 10.2 Å². The molecule has 4 rings (SSSR count). The summed E-state index contributed by atoms with van der Waals surface area (Å²) < 4.78 is 0. The van der Waals surface area contributed by atoms with Crippen molar-refractivity contribution in [3.63, 3.8) is 0 Å². The molecule has 4 aromatic rings. The summed E-state index contributed by atoms with van der Waals surface area (Å²) in [5, 5.41) is 0. The van der Waals surface area contributed by atoms with Crippen LogP contribution in [0.15, 0.2) is 101 Å². The Morgan fingerprint density at radius 1 is 0.529 bits per heavy atom. The minimum absolute atomic E-state index is 0.928. The first-order valence-electron chi connectivity index (χ1n) is 19.7. The molecule has 0 fully saturated rings. The molecule has 0 heterocycles. The van der Waals surface area contributed by atoms with Crippen molar-refractivity contribution in [3.05, 3.63) is 108 Å². The number of benzene rings is 4. The second-order valence-electron chi connectivity index (χ2n) is 13.9. The molecule has 0 spiro atoms. The van der Waals surface area contributed by atoms with E-state index in [9.17, 15) is 0 Å². The van der Waals surface area contributed by atoms with Gasteiger partial charge in [-0.2, -0.15) is 0 Å². The van der Waals surface area contributed by atoms with Crippen LogP contribution < -0.4 is 0 Å². The first-order chi connectivity index (χ1) is 25.1. The Balaban J connectivity index is 0.00000345. The molecule has 0 aliphatic heterocycles. The first kappa shape index (κ1) is 42.4. The van der Waals surface area contributed by atoms with E-state index < -0.39 is 0 Å². The third-order valence-corrected chi connectivity index (χ3v) is 9.65. The Kier molecular flexibility index (Phi) is 21.5. The number of hydrogen-bond donors (Lipinski definition) is 0. The van der Waals surface area contributed by atoms with Crippen molar-refractivity contribution in [2.75, 3.05) is 0 Å². The van der Waals surface area contributed by atoms with Crippen LogP contribution in [0.2, 0.25) is 0 Å². The average molecular weight is 749 g/mol. The van der Waals surface area contributed by atoms with E-state index in [4.69, 9.17) is 9.98 Å². The fourth-order valence-corrected chi connectivity index (χ4v) is 6.87. The Hall–Kier alpha value is -3.00. The zero-order chi connectivity index (χ0) is 36.5. The van der Waals surface area contributed by atoms with E-state index in [2.05, 4.69) is 143 Å². The van der Waals surface area contributed by atoms with Gasteiger partial charge in [0.05, 0.1) is 17.1 Å². The fraction of sp³-hybridized carbons (Fsp3) is 0.447. The molecule has 4 aromatic carbocycles. The number of rotatable bonds is 22. The summed E-state index contributed by atoms with van der Waals surface area (Å²) >= 11 is 3.35. The third-order valence-electron chi connectivity index (χ3n) is 9.65. The molecule has 0 N–H and O–H groups in total. The van der Waals surface area contributed by atoms with Crippen LogP contribution in [0, 0.1) is 0 Å². The van der Waals surface area contributed by atoms with Gasteiger partial charge in [-0.15, -0.1) is 0 Å². The van der Waals surface area contributed by atoms with Crippen molar-refractivity contribution >= 4 is 33.5 Å². The molecule has 0 atom stereocenters. The molecule has 0 saturated carbocycles. The quantitative estimate of drug-likeness (QED) is 0.0434. The molecule has 277 valence electrons. The van der Waals surface area contributed by atoms with Crippen LogP contribution in [0.4, 0.5) is 11.4 Å². The Bertz CT molecular complexity index is 1580. The predicted octanol–water partition coefficient (Wildman–Crippen LogP) is 15.4. The second-order valence-corrected chi connectivity index (χ2v) is 13.9. The van der Waals surface area contributed by atoms with Crippen LogP contribution in [0.1, 0.15) is 134 Å². The Morgan fingerprint density at radius 2 is 1.04 bits per heavy atom. The molecular weight excluding hydrogens is 687 g/mol. The fourth-order valence-electron chi connectivity index (χ4n) is 6.87. The van der Waals surface area contributed by atoms with E-state index in [1.165, 1.54) is 122 Å². The summed E-state index contributed by atoms with van der Waals surface area (Å²) in [4.78, 5) is 10.1. The third kappa shape index (κ3) is 15.3. The second kappa shape index (κ2) is 25.9. The van der Waals surface area contributed by atoms with Crippen LogP contribution in [0.5, 0.6) is 0 Å². The Labute approximate surface area is 323 Å². The molecule has 4 heteroatoms. The molecule has 0 aliphatic carbocycles. The van der Waals surface area contributed by atoms with Crippen LogP contribution in [-0.4, -0.2) is 11.9 Å². The van der Waals surface area contributed by atoms with Gasteiger partial charge in [-0.25, -0.2) is 0 Å². The van der Waals surface area contributed by atoms with E-state index in [-0.39, 0.29) is 0 Å². The van der Waals surface area contributed by atoms with Crippen LogP contribution in [0.3, 0.4) is 0 Å². The minimum atomic E-state index is 0.928. The van der Waals surface area contributed by atoms with Crippen molar-refractivity contribution < 1.29 is 14.6 Å². The first-order valence-corrected chi connectivity index (χ1v) is 21.1. The van der Waals surface area contributed by atoms with Gasteiger partial charge in [0, 0.05) is 6.21 Å². The van der Waals surface area contributed by atoms with Gasteiger partial charge in [-0.1, -0.05) is 158 Å². The van der Waals surface area contributed by atoms with Crippen LogP contribution in [-0.2, 0) is 33.8 Å². The van der Waals surface area contributed by atoms with E-state index >= 15 is 0 Å². The van der Waals surface area contributed by atoms with E-state index in [0.29, 0.717) is 0 Å². The summed E-state index contributed by atoms with van der Waals surface area (Å²) in [6.45, 7) is 8.93. The number of aliphatic imine (C=N–C) groups is 2. The zero-order valence-corrected chi connectivity index (χ0v) is 33.6. The standard InChI is InChI=1S/C47H62N2.ClH.Ni/c1-5-8-11-13-15-19-26-39-32-33-44(34-42(39)31-20-16-14-12-9-6-2)49-38(4)37-48-45-35-43(25-10-7-3)47(41-29-23-18-24-30-41)46(36-45)40-27-21-17-22-28-40;;/h17-18,21-24,27-30,32-37H,5-16,19-20,25-26,31H2,1-4H3;1H;/q;;+1/p-1. The van der Waals surface area contributed by atoms with Gasteiger partial charge in [0.1, 0.15) is 0 Å². The molecule has 51 heavy (non-hydrogen) atoms. The van der Waals surface area contributed by atoms with Crippen molar-refractivity contribution in [2.24, 2.45) is 9.98 Å². The maximum absolute atomic E-state index is 5.06. The SMILES string of the molecule is CCCCCCCCc1ccc(N=C(C)C=Nc2cc(CCCC)c(-c3ccccc3)c(-c3ccccc3)c2)cc1CCCCCCCC.[Cl][Ni]. The number of aryl methyl sites for hydroxylation is 3. The van der Waals surface area contributed by atoms with E-state index in [1.54, 1.807) is 0 Å². The van der Waals surface area contributed by atoms with Gasteiger partial charge in [-0.3, -0.25) is 9.98 Å². The number of unbranched alkanes of at least 4 members (excludes halogenated alkanes) is 11. The van der Waals surface area contributed by atoms with Gasteiger partial charge < -0.3 is 0 Å². The van der Waals surface area contributed by atoms with Gasteiger partial charge in [-0.05, 0) is 109 Å². The number of nitrogens with zero attached hydrogens (tertiary/aromatic N) is 2. The summed E-state index contributed by atoms with van der Waals surface area (Å²) in [6, 6.07) is 33.1. The molecule has 0 aromatic heterocycles. The summed E-state index contributed by atoms with van der Waals surface area (Å²) in [7, 11) is 4.26. The molecule has 0 aliphatic rings. The summed E-state index contributed by atoms with van der Waals surface area (Å²) in [5.74, 6) is 0. The molecular formula is C47H62ClN2Ni. The van der Waals surface area contributed by atoms with Crippen molar-refractivity contribution in [3.8, 4) is 22.3 Å². The molecule has 0 saturated heterocycles. The average Bonchev–Trinajstić information content (AvgIpc) is 3.17. The van der Waals surface area contributed by atoms with Crippen LogP contribution in [0.25, 0.3) is 22.3 Å². The monoisotopic (exact) mass is 747 g/mol. The topological polar surface area (TPSA) is 24.7 Å². The van der Waals surface area contributed by atoms with Gasteiger partial charge in [0.25, 0.3) is 0 Å². The summed E-state index contributed by atoms with van der Waals surface area (Å²) in [6.07, 6.45) is 23.7. The molecule has 0 amide bonds. The van der Waals surface area contributed by atoms with Gasteiger partial charge in [0.2, 0.25) is 0 Å². The van der Waals surface area contributed by atoms with Crippen molar-refractivity contribution in [2.45, 2.75) is 137 Å².